The molecule has 0 aliphatic carbocycles. The van der Waals surface area contributed by atoms with Crippen LogP contribution >= 0.6 is 11.3 Å². The highest BCUT2D eigenvalue weighted by Crippen LogP contribution is 2.25. The van der Waals surface area contributed by atoms with Crippen LogP contribution in [0.4, 0.5) is 0 Å². The first-order chi connectivity index (χ1) is 6.69. The van der Waals surface area contributed by atoms with E-state index in [1.807, 2.05) is 6.92 Å². The van der Waals surface area contributed by atoms with Crippen molar-refractivity contribution in [2.75, 3.05) is 6.61 Å². The van der Waals surface area contributed by atoms with E-state index in [2.05, 4.69) is 5.11 Å². The van der Waals surface area contributed by atoms with E-state index < -0.39 is 0 Å². The van der Waals surface area contributed by atoms with Crippen LogP contribution in [0.25, 0.3) is 0 Å². The summed E-state index contributed by atoms with van der Waals surface area (Å²) in [6, 6.07) is 3.34. The summed E-state index contributed by atoms with van der Waals surface area (Å²) in [5.41, 5.74) is 6.86. The Kier molecular flexibility index (Phi) is 3.76. The molecule has 76 valence electrons. The third-order valence-corrected chi connectivity index (χ3v) is 2.94. The molecule has 5 heteroatoms. The predicted octanol–water partition coefficient (Wildman–Crippen LogP) is 3.02. The number of ether oxygens (including phenoxy) is 1. The topological polar surface area (TPSA) is 62.5 Å². The third kappa shape index (κ3) is 2.38. The zero-order chi connectivity index (χ0) is 10.6. The second-order valence-corrected chi connectivity index (χ2v) is 3.84. The van der Waals surface area contributed by atoms with Gasteiger partial charge in [0.2, 0.25) is 0 Å². The highest BCUT2D eigenvalue weighted by Gasteiger charge is 2.12. The molecule has 0 saturated heterocycles. The van der Waals surface area contributed by atoms with Gasteiger partial charge >= 0.3 is 5.97 Å². The molecule has 1 unspecified atom stereocenters. The molecule has 1 N–H and O–H groups in total. The minimum Gasteiger partial charge on any atom is -0.462 e. The van der Waals surface area contributed by atoms with Crippen molar-refractivity contribution in [2.24, 2.45) is 5.11 Å². The van der Waals surface area contributed by atoms with Crippen molar-refractivity contribution in [3.8, 4) is 0 Å². The molecular formula is C9H12N2O2S. The SMILES string of the molecule is CCOC(=O)c1ccc(C(C)N=N)s1. The van der Waals surface area contributed by atoms with Crippen molar-refractivity contribution in [3.63, 3.8) is 0 Å². The van der Waals surface area contributed by atoms with Crippen molar-refractivity contribution >= 4 is 17.3 Å². The zero-order valence-electron chi connectivity index (χ0n) is 8.11. The van der Waals surface area contributed by atoms with Crippen LogP contribution in [0.3, 0.4) is 0 Å². The van der Waals surface area contributed by atoms with Gasteiger partial charge in [-0.3, -0.25) is 0 Å². The van der Waals surface area contributed by atoms with Crippen LogP contribution in [0.15, 0.2) is 17.2 Å². The number of nitrogens with one attached hydrogen (secondary N) is 1. The molecule has 1 aromatic heterocycles. The Hall–Kier alpha value is -1.23. The fourth-order valence-corrected chi connectivity index (χ4v) is 1.84. The van der Waals surface area contributed by atoms with Crippen LogP contribution < -0.4 is 0 Å². The number of thiophene rings is 1. The molecule has 0 radical (unpaired) electrons. The Bertz CT molecular complexity index is 335. The maximum atomic E-state index is 11.3. The molecule has 1 heterocycles. The summed E-state index contributed by atoms with van der Waals surface area (Å²) in [4.78, 5) is 12.8. The van der Waals surface area contributed by atoms with Gasteiger partial charge in [0.25, 0.3) is 0 Å². The number of esters is 1. The molecule has 0 amide bonds. The van der Waals surface area contributed by atoms with E-state index in [9.17, 15) is 4.79 Å². The molecule has 1 aromatic rings. The maximum absolute atomic E-state index is 11.3. The minimum atomic E-state index is -0.305. The van der Waals surface area contributed by atoms with E-state index in [4.69, 9.17) is 10.3 Å². The Morgan fingerprint density at radius 3 is 3.00 bits per heavy atom. The van der Waals surface area contributed by atoms with E-state index in [1.54, 1.807) is 19.1 Å². The monoisotopic (exact) mass is 212 g/mol. The van der Waals surface area contributed by atoms with Gasteiger partial charge in [-0.25, -0.2) is 10.3 Å². The maximum Gasteiger partial charge on any atom is 0.348 e. The first-order valence-electron chi connectivity index (χ1n) is 4.32. The summed E-state index contributed by atoms with van der Waals surface area (Å²) in [5.74, 6) is -0.305. The lowest BCUT2D eigenvalue weighted by atomic mass is 10.3. The summed E-state index contributed by atoms with van der Waals surface area (Å²) >= 11 is 1.33. The fraction of sp³-hybridized carbons (Fsp3) is 0.444. The van der Waals surface area contributed by atoms with Crippen molar-refractivity contribution in [1.82, 2.24) is 0 Å². The first-order valence-corrected chi connectivity index (χ1v) is 5.14. The standard InChI is InChI=1S/C9H12N2O2S/c1-3-13-9(12)8-5-4-7(14-8)6(2)11-10/h4-6,10H,3H2,1-2H3. The molecule has 0 aliphatic rings. The molecule has 1 rings (SSSR count). The number of carbonyl (C=O) groups excluding carboxylic acids is 1. The van der Waals surface area contributed by atoms with Crippen molar-refractivity contribution < 1.29 is 9.53 Å². The smallest absolute Gasteiger partial charge is 0.348 e. The molecule has 14 heavy (non-hydrogen) atoms. The van der Waals surface area contributed by atoms with Gasteiger partial charge in [0.1, 0.15) is 10.9 Å². The van der Waals surface area contributed by atoms with Crippen LogP contribution in [0, 0.1) is 5.53 Å². The Morgan fingerprint density at radius 2 is 2.43 bits per heavy atom. The molecule has 4 nitrogen and oxygen atoms in total. The van der Waals surface area contributed by atoms with Gasteiger partial charge < -0.3 is 4.74 Å². The van der Waals surface area contributed by atoms with Crippen LogP contribution in [0.2, 0.25) is 0 Å². The zero-order valence-corrected chi connectivity index (χ0v) is 8.93. The summed E-state index contributed by atoms with van der Waals surface area (Å²) in [6.45, 7) is 3.96. The summed E-state index contributed by atoms with van der Waals surface area (Å²) < 4.78 is 4.85. The van der Waals surface area contributed by atoms with E-state index >= 15 is 0 Å². The van der Waals surface area contributed by atoms with Crippen LogP contribution in [-0.4, -0.2) is 12.6 Å². The van der Waals surface area contributed by atoms with Gasteiger partial charge in [-0.2, -0.15) is 5.11 Å². The molecule has 0 bridgehead atoms. The van der Waals surface area contributed by atoms with Crippen LogP contribution in [0.1, 0.15) is 34.4 Å². The molecular weight excluding hydrogens is 200 g/mol. The Balaban J connectivity index is 2.77. The van der Waals surface area contributed by atoms with Crippen molar-refractivity contribution in [1.29, 1.82) is 5.53 Å². The second kappa shape index (κ2) is 4.85. The third-order valence-electron chi connectivity index (χ3n) is 1.71. The fourth-order valence-electron chi connectivity index (χ4n) is 0.953. The average molecular weight is 212 g/mol. The number of rotatable bonds is 4. The quantitative estimate of drug-likeness (QED) is 0.616. The molecule has 0 saturated carbocycles. The lowest BCUT2D eigenvalue weighted by Gasteiger charge is -1.98. The summed E-state index contributed by atoms with van der Waals surface area (Å²) in [6.07, 6.45) is 0. The number of hydrogen-bond acceptors (Lipinski definition) is 5. The largest absolute Gasteiger partial charge is 0.462 e. The molecule has 0 spiro atoms. The van der Waals surface area contributed by atoms with Crippen LogP contribution in [0.5, 0.6) is 0 Å². The number of hydrogen-bond donors (Lipinski definition) is 1. The van der Waals surface area contributed by atoms with Gasteiger partial charge in [0.05, 0.1) is 6.61 Å². The van der Waals surface area contributed by atoms with E-state index in [-0.39, 0.29) is 12.0 Å². The highest BCUT2D eigenvalue weighted by molar-refractivity contribution is 7.14. The number of nitrogens with zero attached hydrogens (tertiary/aromatic N) is 1. The van der Waals surface area contributed by atoms with Gasteiger partial charge in [-0.15, -0.1) is 11.3 Å². The van der Waals surface area contributed by atoms with E-state index in [1.165, 1.54) is 11.3 Å². The molecule has 1 atom stereocenters. The Labute approximate surface area is 86.4 Å². The highest BCUT2D eigenvalue weighted by atomic mass is 32.1. The van der Waals surface area contributed by atoms with E-state index in [0.29, 0.717) is 11.5 Å². The summed E-state index contributed by atoms with van der Waals surface area (Å²) in [5, 5.41) is 3.39. The van der Waals surface area contributed by atoms with Crippen molar-refractivity contribution in [2.45, 2.75) is 19.9 Å². The predicted molar refractivity (Wildman–Crippen MR) is 53.8 cm³/mol. The van der Waals surface area contributed by atoms with Crippen molar-refractivity contribution in [3.05, 3.63) is 21.9 Å². The molecule has 0 fully saturated rings. The average Bonchev–Trinajstić information content (AvgIpc) is 2.66. The van der Waals surface area contributed by atoms with Gasteiger partial charge in [-0.05, 0) is 26.0 Å². The van der Waals surface area contributed by atoms with Crippen LogP contribution in [-0.2, 0) is 4.74 Å². The van der Waals surface area contributed by atoms with Gasteiger partial charge in [0.15, 0.2) is 0 Å². The second-order valence-electron chi connectivity index (χ2n) is 2.73. The van der Waals surface area contributed by atoms with Gasteiger partial charge in [0, 0.05) is 4.88 Å². The first kappa shape index (κ1) is 10.8. The Morgan fingerprint density at radius 1 is 1.71 bits per heavy atom. The lowest BCUT2D eigenvalue weighted by molar-refractivity contribution is 0.0532. The normalized spacial score (nSPS) is 12.1. The van der Waals surface area contributed by atoms with Gasteiger partial charge in [-0.1, -0.05) is 0 Å². The minimum absolute atomic E-state index is 0.178. The summed E-state index contributed by atoms with van der Waals surface area (Å²) in [7, 11) is 0. The molecule has 0 aromatic carbocycles. The number of carbonyl (C=O) groups is 1. The molecule has 0 aliphatic heterocycles. The van der Waals surface area contributed by atoms with E-state index in [0.717, 1.165) is 4.88 Å². The lowest BCUT2D eigenvalue weighted by Crippen LogP contribution is -2.01.